The fourth-order valence-electron chi connectivity index (χ4n) is 8.74. The molecule has 0 radical (unpaired) electrons. The molecule has 1 heterocycles. The van der Waals surface area contributed by atoms with Crippen molar-refractivity contribution in [2.24, 2.45) is 45.8 Å². The van der Waals surface area contributed by atoms with Gasteiger partial charge >= 0.3 is 11.9 Å². The number of carbonyl (C=O) groups is 3. The highest BCUT2D eigenvalue weighted by Gasteiger charge is 2.83. The second-order valence-electron chi connectivity index (χ2n) is 11.2. The fourth-order valence-corrected chi connectivity index (χ4v) is 8.85. The van der Waals surface area contributed by atoms with Crippen molar-refractivity contribution >= 4 is 29.8 Å². The zero-order chi connectivity index (χ0) is 24.5. The van der Waals surface area contributed by atoms with Crippen LogP contribution in [0.4, 0.5) is 0 Å². The summed E-state index contributed by atoms with van der Waals surface area (Å²) in [5, 5.41) is 11.2. The molecule has 0 aliphatic heterocycles. The smallest absolute Gasteiger partial charge is 0.339 e. The number of aliphatic carboxylic acids is 1. The Balaban J connectivity index is 1.53. The number of allylic oxidation sites excluding steroid dienone is 1. The summed E-state index contributed by atoms with van der Waals surface area (Å²) in [6.07, 6.45) is 8.27. The van der Waals surface area contributed by atoms with Gasteiger partial charge in [0.05, 0.1) is 17.6 Å². The third-order valence-electron chi connectivity index (χ3n) is 9.87. The highest BCUT2D eigenvalue weighted by atomic mass is 35.5. The van der Waals surface area contributed by atoms with Gasteiger partial charge in [0, 0.05) is 11.6 Å². The van der Waals surface area contributed by atoms with E-state index in [2.05, 4.69) is 18.0 Å². The van der Waals surface area contributed by atoms with E-state index in [4.69, 9.17) is 16.3 Å². The number of esters is 1. The SMILES string of the molecule is CC(C)C1=CC2CC3(C=O)C4CC[C@@H](C)C4CC2(CCOC(=O)c2ccc(Cl)nc2)C13C(=O)O. The van der Waals surface area contributed by atoms with Gasteiger partial charge in [0.25, 0.3) is 0 Å². The quantitative estimate of drug-likeness (QED) is 0.247. The first kappa shape index (κ1) is 23.5. The van der Waals surface area contributed by atoms with E-state index in [1.165, 1.54) is 12.3 Å². The van der Waals surface area contributed by atoms with Gasteiger partial charge in [-0.2, -0.15) is 0 Å². The van der Waals surface area contributed by atoms with Crippen LogP contribution >= 0.6 is 11.6 Å². The van der Waals surface area contributed by atoms with Gasteiger partial charge in [-0.3, -0.25) is 4.79 Å². The molecule has 34 heavy (non-hydrogen) atoms. The molecule has 4 bridgehead atoms. The van der Waals surface area contributed by atoms with Crippen molar-refractivity contribution in [3.8, 4) is 0 Å². The van der Waals surface area contributed by atoms with Crippen LogP contribution in [-0.4, -0.2) is 34.9 Å². The van der Waals surface area contributed by atoms with Crippen LogP contribution < -0.4 is 0 Å². The van der Waals surface area contributed by atoms with E-state index in [1.54, 1.807) is 6.07 Å². The Bertz CT molecular complexity index is 1070. The zero-order valence-electron chi connectivity index (χ0n) is 19.9. The maximum atomic E-state index is 13.4. The van der Waals surface area contributed by atoms with E-state index in [-0.39, 0.29) is 24.4 Å². The number of halogens is 1. The molecule has 1 aromatic heterocycles. The molecule has 0 aromatic carbocycles. The third-order valence-corrected chi connectivity index (χ3v) is 10.1. The van der Waals surface area contributed by atoms with Crippen LogP contribution in [-0.2, 0) is 14.3 Å². The lowest BCUT2D eigenvalue weighted by molar-refractivity contribution is -0.181. The molecule has 6 unspecified atom stereocenters. The molecular weight excluding hydrogens is 454 g/mol. The lowest BCUT2D eigenvalue weighted by Crippen LogP contribution is -2.62. The lowest BCUT2D eigenvalue weighted by atomic mass is 9.42. The lowest BCUT2D eigenvalue weighted by Gasteiger charge is -2.58. The molecule has 182 valence electrons. The van der Waals surface area contributed by atoms with Crippen LogP contribution in [0.1, 0.15) is 63.2 Å². The summed E-state index contributed by atoms with van der Waals surface area (Å²) in [7, 11) is 0. The van der Waals surface area contributed by atoms with Crippen LogP contribution in [0.2, 0.25) is 5.15 Å². The van der Waals surface area contributed by atoms with Crippen LogP contribution in [0.5, 0.6) is 0 Å². The van der Waals surface area contributed by atoms with Crippen molar-refractivity contribution in [2.45, 2.75) is 52.9 Å². The number of carbonyl (C=O) groups excluding carboxylic acids is 2. The van der Waals surface area contributed by atoms with E-state index < -0.39 is 28.2 Å². The normalized spacial score (nSPS) is 39.6. The van der Waals surface area contributed by atoms with Crippen molar-refractivity contribution in [1.82, 2.24) is 4.98 Å². The molecule has 5 rings (SSSR count). The molecule has 4 aliphatic rings. The Morgan fingerprint density at radius 1 is 1.29 bits per heavy atom. The Labute approximate surface area is 205 Å². The molecule has 7 heteroatoms. The molecule has 3 saturated carbocycles. The van der Waals surface area contributed by atoms with Gasteiger partial charge < -0.3 is 14.6 Å². The predicted molar refractivity (Wildman–Crippen MR) is 126 cm³/mol. The molecule has 4 aliphatic carbocycles. The van der Waals surface area contributed by atoms with Gasteiger partial charge in [-0.25, -0.2) is 9.78 Å². The summed E-state index contributed by atoms with van der Waals surface area (Å²) in [6, 6.07) is 3.10. The molecular formula is C27H32ClNO5. The number of aldehydes is 1. The minimum absolute atomic E-state index is 0.0000920. The van der Waals surface area contributed by atoms with Crippen LogP contribution in [0.15, 0.2) is 30.0 Å². The molecule has 7 atom stereocenters. The fraction of sp³-hybridized carbons (Fsp3) is 0.630. The maximum Gasteiger partial charge on any atom is 0.339 e. The second kappa shape index (κ2) is 7.91. The minimum Gasteiger partial charge on any atom is -0.481 e. The first-order chi connectivity index (χ1) is 16.1. The highest BCUT2D eigenvalue weighted by molar-refractivity contribution is 6.29. The van der Waals surface area contributed by atoms with Gasteiger partial charge in [-0.15, -0.1) is 0 Å². The first-order valence-electron chi connectivity index (χ1n) is 12.3. The summed E-state index contributed by atoms with van der Waals surface area (Å²) in [6.45, 7) is 6.40. The Morgan fingerprint density at radius 2 is 2.06 bits per heavy atom. The number of carboxylic acids is 1. The average molecular weight is 486 g/mol. The summed E-state index contributed by atoms with van der Waals surface area (Å²) >= 11 is 5.82. The Hall–Kier alpha value is -2.21. The summed E-state index contributed by atoms with van der Waals surface area (Å²) < 4.78 is 5.64. The molecule has 1 N–H and O–H groups in total. The van der Waals surface area contributed by atoms with Gasteiger partial charge in [0.1, 0.15) is 16.9 Å². The molecule has 0 amide bonds. The van der Waals surface area contributed by atoms with E-state index >= 15 is 0 Å². The number of rotatable bonds is 7. The standard InChI is InChI=1S/C27H32ClNO5/c1-15(2)21-10-18-11-26(14-30)20-6-4-16(3)19(20)12-25(18,27(21,26)24(32)33)8-9-34-23(31)17-5-7-22(28)29-13-17/h5,7,10,13-16,18-20H,4,6,8-9,11-12H2,1-3H3,(H,32,33)/t16-,18?,19?,20?,25?,26?,27?/m1/s1. The Morgan fingerprint density at radius 3 is 2.68 bits per heavy atom. The van der Waals surface area contributed by atoms with Crippen molar-refractivity contribution in [1.29, 1.82) is 0 Å². The number of ether oxygens (including phenoxy) is 1. The van der Waals surface area contributed by atoms with Crippen LogP contribution in [0.25, 0.3) is 0 Å². The first-order valence-corrected chi connectivity index (χ1v) is 12.7. The van der Waals surface area contributed by atoms with Crippen molar-refractivity contribution < 1.29 is 24.2 Å². The molecule has 3 fully saturated rings. The van der Waals surface area contributed by atoms with Gasteiger partial charge in [-0.1, -0.05) is 50.4 Å². The molecule has 0 saturated heterocycles. The van der Waals surface area contributed by atoms with E-state index in [0.29, 0.717) is 35.4 Å². The zero-order valence-corrected chi connectivity index (χ0v) is 20.7. The van der Waals surface area contributed by atoms with Crippen LogP contribution in [0.3, 0.4) is 0 Å². The third kappa shape index (κ3) is 2.75. The second-order valence-corrected chi connectivity index (χ2v) is 11.6. The van der Waals surface area contributed by atoms with E-state index in [9.17, 15) is 19.5 Å². The monoisotopic (exact) mass is 485 g/mol. The van der Waals surface area contributed by atoms with Crippen molar-refractivity contribution in [3.63, 3.8) is 0 Å². The molecule has 6 nitrogen and oxygen atoms in total. The number of carboxylic acid groups (broad SMARTS) is 1. The summed E-state index contributed by atoms with van der Waals surface area (Å²) in [5.74, 6) is -0.489. The van der Waals surface area contributed by atoms with Gasteiger partial charge in [0.2, 0.25) is 0 Å². The van der Waals surface area contributed by atoms with Crippen molar-refractivity contribution in [3.05, 3.63) is 40.7 Å². The number of hydrogen-bond acceptors (Lipinski definition) is 5. The predicted octanol–water partition coefficient (Wildman–Crippen LogP) is 5.21. The highest BCUT2D eigenvalue weighted by Crippen LogP contribution is 2.83. The molecule has 1 aromatic rings. The maximum absolute atomic E-state index is 13.4. The minimum atomic E-state index is -1.24. The van der Waals surface area contributed by atoms with Crippen molar-refractivity contribution in [2.75, 3.05) is 6.61 Å². The molecule has 0 spiro atoms. The Kier molecular flexibility index (Phi) is 5.47. The van der Waals surface area contributed by atoms with E-state index in [1.807, 2.05) is 13.8 Å². The number of fused-ring (bicyclic) bond motifs is 2. The summed E-state index contributed by atoms with van der Waals surface area (Å²) in [4.78, 5) is 42.9. The van der Waals surface area contributed by atoms with Crippen LogP contribution in [0, 0.1) is 45.8 Å². The number of pyridine rings is 1. The average Bonchev–Trinajstić information content (AvgIpc) is 3.36. The topological polar surface area (TPSA) is 93.6 Å². The number of nitrogens with zero attached hydrogens (tertiary/aromatic N) is 1. The number of aromatic nitrogens is 1. The van der Waals surface area contributed by atoms with Gasteiger partial charge in [0.15, 0.2) is 0 Å². The van der Waals surface area contributed by atoms with E-state index in [0.717, 1.165) is 31.1 Å². The van der Waals surface area contributed by atoms with Gasteiger partial charge in [-0.05, 0) is 67.4 Å². The largest absolute Gasteiger partial charge is 0.481 e. The number of hydrogen-bond donors (Lipinski definition) is 1. The summed E-state index contributed by atoms with van der Waals surface area (Å²) in [5.41, 5.74) is -1.55.